The monoisotopic (exact) mass is 309 g/mol. The molecule has 0 N–H and O–H groups in total. The van der Waals surface area contributed by atoms with Crippen LogP contribution in [0.4, 0.5) is 0 Å². The van der Waals surface area contributed by atoms with Gasteiger partial charge in [0.1, 0.15) is 0 Å². The molecule has 1 amide bonds. The number of hydrogen-bond donors (Lipinski definition) is 0. The normalized spacial score (nSPS) is 22.8. The summed E-state index contributed by atoms with van der Waals surface area (Å²) in [5, 5.41) is 17.1. The van der Waals surface area contributed by atoms with E-state index in [9.17, 15) is 4.79 Å². The number of hydrogen-bond acceptors (Lipinski definition) is 5. The zero-order valence-electron chi connectivity index (χ0n) is 12.4. The third-order valence-corrected chi connectivity index (χ3v) is 4.45. The van der Waals surface area contributed by atoms with E-state index >= 15 is 0 Å². The number of carbonyl (C=O) groups is 1. The molecule has 0 bridgehead atoms. The number of nitrogens with zero attached hydrogens (tertiary/aromatic N) is 5. The first-order valence-corrected chi connectivity index (χ1v) is 7.56. The summed E-state index contributed by atoms with van der Waals surface area (Å²) >= 11 is 0. The van der Waals surface area contributed by atoms with Crippen molar-refractivity contribution in [1.82, 2.24) is 19.9 Å². The maximum absolute atomic E-state index is 12.7. The molecule has 23 heavy (non-hydrogen) atoms. The van der Waals surface area contributed by atoms with E-state index in [0.717, 1.165) is 12.1 Å². The van der Waals surface area contributed by atoms with Crippen molar-refractivity contribution in [2.75, 3.05) is 13.1 Å². The van der Waals surface area contributed by atoms with Gasteiger partial charge in [-0.15, -0.1) is 5.10 Å². The number of carbonyl (C=O) groups excluding carboxylic acids is 1. The summed E-state index contributed by atoms with van der Waals surface area (Å²) in [7, 11) is 0. The molecule has 3 heterocycles. The van der Waals surface area contributed by atoms with Crippen molar-refractivity contribution in [3.05, 3.63) is 47.3 Å². The van der Waals surface area contributed by atoms with E-state index in [1.807, 2.05) is 4.68 Å². The van der Waals surface area contributed by atoms with Gasteiger partial charge in [-0.2, -0.15) is 5.26 Å². The fourth-order valence-electron chi connectivity index (χ4n) is 3.27. The predicted molar refractivity (Wildman–Crippen MR) is 79.3 cm³/mol. The Kier molecular flexibility index (Phi) is 3.32. The van der Waals surface area contributed by atoms with E-state index < -0.39 is 0 Å². The van der Waals surface area contributed by atoms with Gasteiger partial charge in [0.15, 0.2) is 0 Å². The molecule has 116 valence electrons. The fraction of sp³-hybridized carbons (Fsp3) is 0.375. The molecule has 4 rings (SSSR count). The third-order valence-electron chi connectivity index (χ3n) is 4.45. The molecule has 0 radical (unpaired) electrons. The minimum Gasteiger partial charge on any atom is -0.370 e. The number of amides is 1. The highest BCUT2D eigenvalue weighted by molar-refractivity contribution is 5.94. The second-order valence-electron chi connectivity index (χ2n) is 5.82. The number of ether oxygens (including phenoxy) is 1. The van der Waals surface area contributed by atoms with Crippen LogP contribution in [0.25, 0.3) is 0 Å². The maximum Gasteiger partial charge on any atom is 0.253 e. The summed E-state index contributed by atoms with van der Waals surface area (Å²) in [6.45, 7) is 1.70. The average Bonchev–Trinajstić information content (AvgIpc) is 3.10. The summed E-state index contributed by atoms with van der Waals surface area (Å²) in [6, 6.07) is 8.87. The third kappa shape index (κ3) is 2.37. The number of nitriles is 1. The summed E-state index contributed by atoms with van der Waals surface area (Å²) in [4.78, 5) is 14.5. The van der Waals surface area contributed by atoms with Gasteiger partial charge in [0.25, 0.3) is 5.91 Å². The van der Waals surface area contributed by atoms with E-state index in [4.69, 9.17) is 10.00 Å². The van der Waals surface area contributed by atoms with Crippen molar-refractivity contribution >= 4 is 5.91 Å². The summed E-state index contributed by atoms with van der Waals surface area (Å²) in [5.41, 5.74) is 1.97. The molecule has 7 nitrogen and oxygen atoms in total. The Morgan fingerprint density at radius 2 is 2.35 bits per heavy atom. The second-order valence-corrected chi connectivity index (χ2v) is 5.82. The lowest BCUT2D eigenvalue weighted by molar-refractivity contribution is -0.0605. The van der Waals surface area contributed by atoms with Gasteiger partial charge in [0.2, 0.25) is 0 Å². The van der Waals surface area contributed by atoms with Crippen LogP contribution in [0, 0.1) is 11.3 Å². The predicted octanol–water partition coefficient (Wildman–Crippen LogP) is 1.14. The second kappa shape index (κ2) is 5.48. The Labute approximate surface area is 133 Å². The molecule has 0 unspecified atom stereocenters. The van der Waals surface area contributed by atoms with Crippen LogP contribution in [-0.2, 0) is 11.3 Å². The minimum atomic E-state index is -0.0622. The van der Waals surface area contributed by atoms with Crippen LogP contribution in [-0.4, -0.2) is 45.0 Å². The Bertz CT molecular complexity index is 794. The molecule has 1 aromatic heterocycles. The van der Waals surface area contributed by atoms with Gasteiger partial charge in [-0.1, -0.05) is 11.3 Å². The Morgan fingerprint density at radius 3 is 3.22 bits per heavy atom. The quantitative estimate of drug-likeness (QED) is 0.788. The molecule has 1 aromatic carbocycles. The highest BCUT2D eigenvalue weighted by atomic mass is 16.5. The van der Waals surface area contributed by atoms with Crippen LogP contribution in [0.3, 0.4) is 0 Å². The van der Waals surface area contributed by atoms with Crippen LogP contribution < -0.4 is 0 Å². The van der Waals surface area contributed by atoms with Crippen molar-refractivity contribution in [3.8, 4) is 6.07 Å². The zero-order chi connectivity index (χ0) is 15.8. The highest BCUT2D eigenvalue weighted by Gasteiger charge is 2.38. The van der Waals surface area contributed by atoms with E-state index in [2.05, 4.69) is 16.4 Å². The molecular weight excluding hydrogens is 294 g/mol. The summed E-state index contributed by atoms with van der Waals surface area (Å²) in [5.74, 6) is -0.0622. The van der Waals surface area contributed by atoms with Gasteiger partial charge in [-0.25, -0.2) is 4.68 Å². The zero-order valence-corrected chi connectivity index (χ0v) is 12.4. The minimum absolute atomic E-state index is 0.00176. The van der Waals surface area contributed by atoms with Crippen molar-refractivity contribution in [1.29, 1.82) is 5.26 Å². The van der Waals surface area contributed by atoms with Crippen molar-refractivity contribution < 1.29 is 9.53 Å². The van der Waals surface area contributed by atoms with E-state index in [1.165, 1.54) is 0 Å². The number of aromatic nitrogens is 3. The largest absolute Gasteiger partial charge is 0.370 e. The van der Waals surface area contributed by atoms with Gasteiger partial charge >= 0.3 is 0 Å². The van der Waals surface area contributed by atoms with Crippen LogP contribution in [0.1, 0.15) is 34.1 Å². The van der Waals surface area contributed by atoms with E-state index in [-0.39, 0.29) is 18.1 Å². The lowest BCUT2D eigenvalue weighted by Crippen LogP contribution is -2.49. The van der Waals surface area contributed by atoms with Gasteiger partial charge in [0.05, 0.1) is 42.3 Å². The highest BCUT2D eigenvalue weighted by Crippen LogP contribution is 2.30. The van der Waals surface area contributed by atoms with Crippen molar-refractivity contribution in [2.45, 2.75) is 25.2 Å². The Morgan fingerprint density at radius 1 is 1.43 bits per heavy atom. The number of likely N-dealkylation sites (tertiary alicyclic amines) is 1. The topological polar surface area (TPSA) is 84.0 Å². The number of benzene rings is 1. The average molecular weight is 309 g/mol. The molecule has 0 aliphatic carbocycles. The summed E-state index contributed by atoms with van der Waals surface area (Å²) < 4.78 is 7.73. The molecule has 1 saturated heterocycles. The van der Waals surface area contributed by atoms with Crippen molar-refractivity contribution in [2.24, 2.45) is 0 Å². The standard InChI is InChI=1S/C16H15N5O2/c17-7-11-2-1-3-12(6-11)16(22)20-5-4-15-14(9-20)21-13(10-23-15)8-18-19-21/h1-3,6,8,14-15H,4-5,9-10H2/t14-,15+/m1/s1. The van der Waals surface area contributed by atoms with Gasteiger partial charge < -0.3 is 9.64 Å². The lowest BCUT2D eigenvalue weighted by atomic mass is 9.99. The van der Waals surface area contributed by atoms with Crippen LogP contribution in [0.15, 0.2) is 30.5 Å². The number of rotatable bonds is 1. The molecule has 1 fully saturated rings. The van der Waals surface area contributed by atoms with Gasteiger partial charge in [-0.3, -0.25) is 4.79 Å². The number of piperidine rings is 1. The summed E-state index contributed by atoms with van der Waals surface area (Å²) in [6.07, 6.45) is 2.54. The fourth-order valence-corrected chi connectivity index (χ4v) is 3.27. The molecular formula is C16H15N5O2. The van der Waals surface area contributed by atoms with Gasteiger partial charge in [0, 0.05) is 18.7 Å². The SMILES string of the molecule is N#Cc1cccc(C(=O)N2CC[C@@H]3OCc4cnnn4[C@@H]3C2)c1. The lowest BCUT2D eigenvalue weighted by Gasteiger charge is -2.41. The number of fused-ring (bicyclic) bond motifs is 3. The van der Waals surface area contributed by atoms with E-state index in [1.54, 1.807) is 35.4 Å². The Balaban J connectivity index is 1.58. The first-order chi connectivity index (χ1) is 11.3. The van der Waals surface area contributed by atoms with Crippen LogP contribution in [0.2, 0.25) is 0 Å². The molecule has 2 aliphatic rings. The molecule has 2 aromatic rings. The van der Waals surface area contributed by atoms with Crippen molar-refractivity contribution in [3.63, 3.8) is 0 Å². The molecule has 0 saturated carbocycles. The maximum atomic E-state index is 12.7. The van der Waals surface area contributed by atoms with Crippen LogP contribution in [0.5, 0.6) is 0 Å². The first kappa shape index (κ1) is 13.9. The van der Waals surface area contributed by atoms with Crippen LogP contribution >= 0.6 is 0 Å². The molecule has 7 heteroatoms. The smallest absolute Gasteiger partial charge is 0.253 e. The molecule has 2 aliphatic heterocycles. The van der Waals surface area contributed by atoms with Gasteiger partial charge in [-0.05, 0) is 24.6 Å². The molecule has 2 atom stereocenters. The first-order valence-electron chi connectivity index (χ1n) is 7.56. The molecule has 0 spiro atoms. The van der Waals surface area contributed by atoms with E-state index in [0.29, 0.717) is 30.8 Å². The Hall–Kier alpha value is -2.72.